The first kappa shape index (κ1) is 17.1. The Bertz CT molecular complexity index is 824. The highest BCUT2D eigenvalue weighted by Crippen LogP contribution is 2.61. The summed E-state index contributed by atoms with van der Waals surface area (Å²) in [6, 6.07) is 8.25. The predicted octanol–water partition coefficient (Wildman–Crippen LogP) is 4.88. The molecule has 1 amide bonds. The maximum absolute atomic E-state index is 13.2. The van der Waals surface area contributed by atoms with E-state index in [1.54, 1.807) is 0 Å². The molecule has 2 heterocycles. The number of hydrogen-bond donors (Lipinski definition) is 1. The van der Waals surface area contributed by atoms with Gasteiger partial charge in [-0.3, -0.25) is 4.79 Å². The fourth-order valence-electron chi connectivity index (χ4n) is 7.51. The molecule has 0 radical (unpaired) electrons. The standard InChI is InChI=1S/C24H31N3O/c28-22(15-24-12-16-9-17(13-24)11-18(10-16)14-24)27-7-5-19(6-8-27)23-25-20-3-1-2-4-21(20)26-23/h1-4,16-19H,5-15H2,(H,25,26). The minimum absolute atomic E-state index is 0.363. The summed E-state index contributed by atoms with van der Waals surface area (Å²) in [5.41, 5.74) is 2.54. The van der Waals surface area contributed by atoms with Crippen molar-refractivity contribution in [2.45, 2.75) is 63.7 Å². The number of para-hydroxylation sites is 2. The third-order valence-corrected chi connectivity index (χ3v) is 8.33. The molecule has 7 rings (SSSR count). The lowest BCUT2D eigenvalue weighted by Crippen LogP contribution is -2.49. The van der Waals surface area contributed by atoms with E-state index in [4.69, 9.17) is 4.98 Å². The minimum atomic E-state index is 0.363. The quantitative estimate of drug-likeness (QED) is 0.829. The van der Waals surface area contributed by atoms with Gasteiger partial charge in [0.2, 0.25) is 5.91 Å². The van der Waals surface area contributed by atoms with Crippen LogP contribution in [0, 0.1) is 23.2 Å². The van der Waals surface area contributed by atoms with E-state index >= 15 is 0 Å². The molecule has 0 unspecified atom stereocenters. The minimum Gasteiger partial charge on any atom is -0.343 e. The first-order chi connectivity index (χ1) is 13.7. The van der Waals surface area contributed by atoms with Crippen LogP contribution in [0.2, 0.25) is 0 Å². The van der Waals surface area contributed by atoms with E-state index in [0.717, 1.165) is 67.0 Å². The first-order valence-corrected chi connectivity index (χ1v) is 11.4. The number of fused-ring (bicyclic) bond motifs is 1. The van der Waals surface area contributed by atoms with Crippen molar-refractivity contribution in [3.63, 3.8) is 0 Å². The fourth-order valence-corrected chi connectivity index (χ4v) is 7.51. The number of piperidine rings is 1. The van der Waals surface area contributed by atoms with Gasteiger partial charge in [-0.15, -0.1) is 0 Å². The zero-order valence-electron chi connectivity index (χ0n) is 16.7. The van der Waals surface area contributed by atoms with Gasteiger partial charge < -0.3 is 9.88 Å². The number of aromatic amines is 1. The highest BCUT2D eigenvalue weighted by atomic mass is 16.2. The van der Waals surface area contributed by atoms with Gasteiger partial charge in [0.25, 0.3) is 0 Å². The van der Waals surface area contributed by atoms with Crippen LogP contribution in [0.5, 0.6) is 0 Å². The number of likely N-dealkylation sites (tertiary alicyclic amines) is 1. The molecule has 0 spiro atoms. The maximum atomic E-state index is 13.2. The summed E-state index contributed by atoms with van der Waals surface area (Å²) in [5.74, 6) is 4.78. The topological polar surface area (TPSA) is 49.0 Å². The van der Waals surface area contributed by atoms with Crippen LogP contribution in [0.25, 0.3) is 11.0 Å². The molecule has 1 aromatic heterocycles. The number of imidazole rings is 1. The average molecular weight is 378 g/mol. The molecule has 5 aliphatic rings. The van der Waals surface area contributed by atoms with Crippen LogP contribution in [0.4, 0.5) is 0 Å². The highest BCUT2D eigenvalue weighted by Gasteiger charge is 2.51. The van der Waals surface area contributed by atoms with Crippen molar-refractivity contribution in [3.8, 4) is 0 Å². The number of nitrogens with one attached hydrogen (secondary N) is 1. The number of amides is 1. The van der Waals surface area contributed by atoms with Gasteiger partial charge in [-0.25, -0.2) is 4.98 Å². The van der Waals surface area contributed by atoms with Crippen LogP contribution < -0.4 is 0 Å². The summed E-state index contributed by atoms with van der Waals surface area (Å²) in [5, 5.41) is 0. The van der Waals surface area contributed by atoms with Crippen molar-refractivity contribution in [3.05, 3.63) is 30.1 Å². The smallest absolute Gasteiger partial charge is 0.223 e. The van der Waals surface area contributed by atoms with Crippen molar-refractivity contribution >= 4 is 16.9 Å². The largest absolute Gasteiger partial charge is 0.343 e. The average Bonchev–Trinajstić information content (AvgIpc) is 3.11. The number of aromatic nitrogens is 2. The van der Waals surface area contributed by atoms with E-state index in [0.29, 0.717) is 17.2 Å². The van der Waals surface area contributed by atoms with Crippen molar-refractivity contribution < 1.29 is 4.79 Å². The van der Waals surface area contributed by atoms with Crippen molar-refractivity contribution in [2.24, 2.45) is 23.2 Å². The van der Waals surface area contributed by atoms with Gasteiger partial charge in [0.15, 0.2) is 0 Å². The van der Waals surface area contributed by atoms with Gasteiger partial charge >= 0.3 is 0 Å². The molecule has 1 saturated heterocycles. The third-order valence-electron chi connectivity index (χ3n) is 8.33. The number of carbonyl (C=O) groups is 1. The molecule has 4 nitrogen and oxygen atoms in total. The first-order valence-electron chi connectivity index (χ1n) is 11.4. The van der Waals surface area contributed by atoms with Crippen molar-refractivity contribution in [1.82, 2.24) is 14.9 Å². The Kier molecular flexibility index (Phi) is 3.86. The molecule has 4 bridgehead atoms. The third kappa shape index (κ3) is 2.87. The molecule has 4 aliphatic carbocycles. The molecule has 4 saturated carbocycles. The van der Waals surface area contributed by atoms with Gasteiger partial charge in [-0.05, 0) is 86.7 Å². The number of hydrogen-bond acceptors (Lipinski definition) is 2. The molecule has 1 aromatic carbocycles. The maximum Gasteiger partial charge on any atom is 0.223 e. The number of rotatable bonds is 3. The van der Waals surface area contributed by atoms with Gasteiger partial charge in [-0.2, -0.15) is 0 Å². The zero-order chi connectivity index (χ0) is 18.7. The van der Waals surface area contributed by atoms with E-state index in [1.807, 2.05) is 6.07 Å². The lowest BCUT2D eigenvalue weighted by atomic mass is 9.49. The SMILES string of the molecule is O=C(CC12CC3CC(CC(C3)C1)C2)N1CCC(c2nc3ccccc3[nH]2)CC1. The van der Waals surface area contributed by atoms with Crippen LogP contribution in [-0.4, -0.2) is 33.9 Å². The number of benzene rings is 1. The normalized spacial score (nSPS) is 35.0. The highest BCUT2D eigenvalue weighted by molar-refractivity contribution is 5.77. The van der Waals surface area contributed by atoms with Crippen LogP contribution >= 0.6 is 0 Å². The van der Waals surface area contributed by atoms with Crippen LogP contribution in [0.15, 0.2) is 24.3 Å². The summed E-state index contributed by atoms with van der Waals surface area (Å²) < 4.78 is 0. The Hall–Kier alpha value is -1.84. The molecular weight excluding hydrogens is 346 g/mol. The summed E-state index contributed by atoms with van der Waals surface area (Å²) in [6.07, 6.45) is 11.3. The summed E-state index contributed by atoms with van der Waals surface area (Å²) >= 11 is 0. The van der Waals surface area contributed by atoms with Crippen LogP contribution in [-0.2, 0) is 4.79 Å². The molecule has 2 aromatic rings. The van der Waals surface area contributed by atoms with E-state index in [1.165, 1.54) is 38.5 Å². The molecule has 148 valence electrons. The Labute approximate surface area is 167 Å². The Balaban J connectivity index is 1.10. The summed E-state index contributed by atoms with van der Waals surface area (Å²) in [7, 11) is 0. The number of nitrogens with zero attached hydrogens (tertiary/aromatic N) is 2. The lowest BCUT2D eigenvalue weighted by Gasteiger charge is -2.57. The Morgan fingerprint density at radius 1 is 1.04 bits per heavy atom. The monoisotopic (exact) mass is 377 g/mol. The van der Waals surface area contributed by atoms with E-state index in [9.17, 15) is 4.79 Å². The lowest BCUT2D eigenvalue weighted by molar-refractivity contribution is -0.140. The molecule has 4 heteroatoms. The van der Waals surface area contributed by atoms with E-state index in [2.05, 4.69) is 28.1 Å². The molecular formula is C24H31N3O. The molecule has 1 aliphatic heterocycles. The second kappa shape index (κ2) is 6.33. The van der Waals surface area contributed by atoms with Gasteiger partial charge in [-0.1, -0.05) is 12.1 Å². The predicted molar refractivity (Wildman–Crippen MR) is 110 cm³/mol. The molecule has 1 N–H and O–H groups in total. The summed E-state index contributed by atoms with van der Waals surface area (Å²) in [4.78, 5) is 23.6. The van der Waals surface area contributed by atoms with Gasteiger partial charge in [0.05, 0.1) is 11.0 Å². The van der Waals surface area contributed by atoms with Gasteiger partial charge in [0.1, 0.15) is 5.82 Å². The second-order valence-electron chi connectivity index (χ2n) is 10.4. The Morgan fingerprint density at radius 3 is 2.32 bits per heavy atom. The van der Waals surface area contributed by atoms with Gasteiger partial charge in [0, 0.05) is 25.4 Å². The second-order valence-corrected chi connectivity index (χ2v) is 10.4. The zero-order valence-corrected chi connectivity index (χ0v) is 16.7. The van der Waals surface area contributed by atoms with Crippen molar-refractivity contribution in [2.75, 3.05) is 13.1 Å². The van der Waals surface area contributed by atoms with E-state index < -0.39 is 0 Å². The fraction of sp³-hybridized carbons (Fsp3) is 0.667. The van der Waals surface area contributed by atoms with E-state index in [-0.39, 0.29) is 0 Å². The van der Waals surface area contributed by atoms with Crippen molar-refractivity contribution in [1.29, 1.82) is 0 Å². The number of carbonyl (C=O) groups excluding carboxylic acids is 1. The molecule has 5 fully saturated rings. The van der Waals surface area contributed by atoms with Crippen LogP contribution in [0.1, 0.15) is 69.5 Å². The number of H-pyrrole nitrogens is 1. The van der Waals surface area contributed by atoms with Crippen LogP contribution in [0.3, 0.4) is 0 Å². The molecule has 0 atom stereocenters. The Morgan fingerprint density at radius 2 is 1.68 bits per heavy atom. The molecule has 28 heavy (non-hydrogen) atoms. The summed E-state index contributed by atoms with van der Waals surface area (Å²) in [6.45, 7) is 1.79.